The predicted octanol–water partition coefficient (Wildman–Crippen LogP) is 3.49. The van der Waals surface area contributed by atoms with Gasteiger partial charge in [0, 0.05) is 24.5 Å². The number of rotatable bonds is 3. The third-order valence-corrected chi connectivity index (χ3v) is 4.13. The molecule has 3 heterocycles. The van der Waals surface area contributed by atoms with E-state index in [0.717, 1.165) is 42.0 Å². The Morgan fingerprint density at radius 2 is 2.21 bits per heavy atom. The molecule has 122 valence electrons. The number of methoxy groups -OCH3 is 1. The van der Waals surface area contributed by atoms with Crippen molar-refractivity contribution in [3.05, 3.63) is 53.4 Å². The van der Waals surface area contributed by atoms with Crippen LogP contribution < -0.4 is 14.2 Å². The monoisotopic (exact) mass is 322 g/mol. The summed E-state index contributed by atoms with van der Waals surface area (Å²) in [6, 6.07) is 7.93. The molecule has 0 saturated heterocycles. The Bertz CT molecular complexity index is 813. The fourth-order valence-electron chi connectivity index (χ4n) is 3.03. The summed E-state index contributed by atoms with van der Waals surface area (Å²) in [5.41, 5.74) is 4.29. The second-order valence-electron chi connectivity index (χ2n) is 5.70. The van der Waals surface area contributed by atoms with Gasteiger partial charge in [-0.15, -0.1) is 0 Å². The van der Waals surface area contributed by atoms with Crippen molar-refractivity contribution < 1.29 is 14.2 Å². The van der Waals surface area contributed by atoms with E-state index in [9.17, 15) is 0 Å². The maximum Gasteiger partial charge on any atom is 0.231 e. The molecule has 0 aliphatic carbocycles. The lowest BCUT2D eigenvalue weighted by molar-refractivity contribution is 0.171. The van der Waals surface area contributed by atoms with Crippen LogP contribution in [0, 0.1) is 0 Å². The smallest absolute Gasteiger partial charge is 0.231 e. The second kappa shape index (κ2) is 6.35. The minimum atomic E-state index is 0.230. The van der Waals surface area contributed by atoms with E-state index < -0.39 is 0 Å². The molecule has 0 bridgehead atoms. The topological polar surface area (TPSA) is 52.9 Å². The Labute approximate surface area is 140 Å². The van der Waals surface area contributed by atoms with Gasteiger partial charge in [0.1, 0.15) is 0 Å². The van der Waals surface area contributed by atoms with Crippen molar-refractivity contribution in [2.75, 3.05) is 20.4 Å². The molecule has 24 heavy (non-hydrogen) atoms. The summed E-state index contributed by atoms with van der Waals surface area (Å²) in [7, 11) is 1.64. The van der Waals surface area contributed by atoms with E-state index in [2.05, 4.69) is 11.1 Å². The van der Waals surface area contributed by atoms with Gasteiger partial charge in [0.2, 0.25) is 12.5 Å². The van der Waals surface area contributed by atoms with Crippen molar-refractivity contribution in [1.82, 2.24) is 4.98 Å². The molecule has 0 unspecified atom stereocenters. The number of hydrogen-bond donors (Lipinski definition) is 0. The lowest BCUT2D eigenvalue weighted by Gasteiger charge is -2.16. The van der Waals surface area contributed by atoms with Crippen LogP contribution in [0.15, 0.2) is 47.2 Å². The maximum atomic E-state index is 5.51. The number of allylic oxidation sites excluding steroid dienone is 1. The van der Waals surface area contributed by atoms with E-state index in [4.69, 9.17) is 19.2 Å². The number of aliphatic imine (C=N–C) groups is 1. The molecule has 0 atom stereocenters. The Kier molecular flexibility index (Phi) is 3.91. The fourth-order valence-corrected chi connectivity index (χ4v) is 3.03. The zero-order valence-electron chi connectivity index (χ0n) is 13.5. The molecular formula is C19H18N2O3. The van der Waals surface area contributed by atoms with Crippen molar-refractivity contribution in [2.24, 2.45) is 4.99 Å². The van der Waals surface area contributed by atoms with Crippen molar-refractivity contribution >= 4 is 11.8 Å². The summed E-state index contributed by atoms with van der Waals surface area (Å²) >= 11 is 0. The molecule has 0 saturated carbocycles. The summed E-state index contributed by atoms with van der Waals surface area (Å²) in [6.07, 6.45) is 7.83. The largest absolute Gasteiger partial charge is 0.493 e. The van der Waals surface area contributed by atoms with Gasteiger partial charge in [-0.1, -0.05) is 0 Å². The van der Waals surface area contributed by atoms with Crippen LogP contribution in [-0.2, 0) is 0 Å². The maximum absolute atomic E-state index is 5.51. The van der Waals surface area contributed by atoms with Crippen LogP contribution in [0.3, 0.4) is 0 Å². The number of ether oxygens (including phenoxy) is 3. The van der Waals surface area contributed by atoms with E-state index >= 15 is 0 Å². The zero-order valence-corrected chi connectivity index (χ0v) is 13.5. The van der Waals surface area contributed by atoms with Crippen molar-refractivity contribution in [3.63, 3.8) is 0 Å². The summed E-state index contributed by atoms with van der Waals surface area (Å²) in [4.78, 5) is 8.92. The average molecular weight is 322 g/mol. The Hall–Kier alpha value is -2.82. The highest BCUT2D eigenvalue weighted by molar-refractivity contribution is 6.15. The number of aromatic nitrogens is 1. The molecule has 0 fully saturated rings. The molecule has 0 N–H and O–H groups in total. The first-order valence-electron chi connectivity index (χ1n) is 7.98. The molecule has 0 radical (unpaired) electrons. The van der Waals surface area contributed by atoms with Gasteiger partial charge in [-0.25, -0.2) is 0 Å². The number of fused-ring (bicyclic) bond motifs is 1. The van der Waals surface area contributed by atoms with Crippen LogP contribution in [0.4, 0.5) is 0 Å². The second-order valence-corrected chi connectivity index (χ2v) is 5.70. The highest BCUT2D eigenvalue weighted by Gasteiger charge is 2.20. The van der Waals surface area contributed by atoms with Gasteiger partial charge in [0.15, 0.2) is 11.5 Å². The van der Waals surface area contributed by atoms with Crippen molar-refractivity contribution in [3.8, 4) is 17.2 Å². The minimum absolute atomic E-state index is 0.230. The van der Waals surface area contributed by atoms with E-state index in [1.165, 1.54) is 5.57 Å². The minimum Gasteiger partial charge on any atom is -0.493 e. The van der Waals surface area contributed by atoms with Gasteiger partial charge in [-0.3, -0.25) is 9.98 Å². The van der Waals surface area contributed by atoms with Crippen LogP contribution in [-0.4, -0.2) is 31.1 Å². The molecule has 0 spiro atoms. The third kappa shape index (κ3) is 2.73. The van der Waals surface area contributed by atoms with Crippen molar-refractivity contribution in [1.29, 1.82) is 0 Å². The zero-order chi connectivity index (χ0) is 16.4. The van der Waals surface area contributed by atoms with Crippen LogP contribution in [0.1, 0.15) is 24.0 Å². The van der Waals surface area contributed by atoms with Gasteiger partial charge < -0.3 is 14.2 Å². The van der Waals surface area contributed by atoms with E-state index in [-0.39, 0.29) is 6.79 Å². The van der Waals surface area contributed by atoms with Crippen LogP contribution in [0.25, 0.3) is 6.08 Å². The molecule has 4 rings (SSSR count). The van der Waals surface area contributed by atoms with E-state index in [0.29, 0.717) is 11.5 Å². The predicted molar refractivity (Wildman–Crippen MR) is 92.0 cm³/mol. The standard InChI is InChI=1S/C19H18N2O3/c1-22-16-9-13(10-17-19(16)24-12-23-17)8-14-4-3-7-21-18(14)15-5-2-6-20-11-15/h2,5-6,8-11H,3-4,7,12H2,1H3/b14-8+. The van der Waals surface area contributed by atoms with Gasteiger partial charge in [0.25, 0.3) is 0 Å². The first kappa shape index (κ1) is 14.8. The summed E-state index contributed by atoms with van der Waals surface area (Å²) in [5.74, 6) is 2.08. The molecular weight excluding hydrogens is 304 g/mol. The third-order valence-electron chi connectivity index (χ3n) is 4.13. The number of benzene rings is 1. The molecule has 0 amide bonds. The highest BCUT2D eigenvalue weighted by atomic mass is 16.7. The molecule has 2 aliphatic rings. The molecule has 2 aliphatic heterocycles. The molecule has 1 aromatic heterocycles. The summed E-state index contributed by atoms with van der Waals surface area (Å²) in [5, 5.41) is 0. The quantitative estimate of drug-likeness (QED) is 0.868. The van der Waals surface area contributed by atoms with Crippen LogP contribution in [0.5, 0.6) is 17.2 Å². The van der Waals surface area contributed by atoms with Gasteiger partial charge in [-0.2, -0.15) is 0 Å². The Balaban J connectivity index is 1.74. The van der Waals surface area contributed by atoms with E-state index in [1.807, 2.05) is 30.5 Å². The first-order chi connectivity index (χ1) is 11.8. The number of pyridine rings is 1. The summed E-state index contributed by atoms with van der Waals surface area (Å²) < 4.78 is 16.4. The molecule has 5 heteroatoms. The molecule has 5 nitrogen and oxygen atoms in total. The molecule has 1 aromatic carbocycles. The molecule has 2 aromatic rings. The SMILES string of the molecule is COc1cc(/C=C2\CCCN=C2c2cccnc2)cc2c1OCO2. The van der Waals surface area contributed by atoms with Gasteiger partial charge >= 0.3 is 0 Å². The Morgan fingerprint density at radius 1 is 1.25 bits per heavy atom. The lowest BCUT2D eigenvalue weighted by Crippen LogP contribution is -2.11. The normalized spacial score (nSPS) is 17.7. The number of hydrogen-bond acceptors (Lipinski definition) is 5. The first-order valence-corrected chi connectivity index (χ1v) is 7.98. The Morgan fingerprint density at radius 3 is 3.04 bits per heavy atom. The van der Waals surface area contributed by atoms with Crippen LogP contribution >= 0.6 is 0 Å². The summed E-state index contributed by atoms with van der Waals surface area (Å²) in [6.45, 7) is 1.08. The lowest BCUT2D eigenvalue weighted by atomic mass is 9.95. The van der Waals surface area contributed by atoms with Crippen molar-refractivity contribution in [2.45, 2.75) is 12.8 Å². The fraction of sp³-hybridized carbons (Fsp3) is 0.263. The number of nitrogens with zero attached hydrogens (tertiary/aromatic N) is 2. The van der Waals surface area contributed by atoms with Crippen LogP contribution in [0.2, 0.25) is 0 Å². The van der Waals surface area contributed by atoms with Gasteiger partial charge in [0.05, 0.1) is 12.8 Å². The highest BCUT2D eigenvalue weighted by Crippen LogP contribution is 2.42. The van der Waals surface area contributed by atoms with Gasteiger partial charge in [-0.05, 0) is 54.3 Å². The van der Waals surface area contributed by atoms with E-state index in [1.54, 1.807) is 13.3 Å². The average Bonchev–Trinajstić information content (AvgIpc) is 3.11.